The average Bonchev–Trinajstić information content (AvgIpc) is 3.22. The van der Waals surface area contributed by atoms with Crippen LogP contribution >= 0.6 is 11.8 Å². The lowest BCUT2D eigenvalue weighted by molar-refractivity contribution is 0.102. The van der Waals surface area contributed by atoms with Crippen molar-refractivity contribution in [2.24, 2.45) is 5.92 Å². The number of nitrogens with one attached hydrogen (secondary N) is 1. The van der Waals surface area contributed by atoms with Crippen molar-refractivity contribution >= 4 is 23.4 Å². The Labute approximate surface area is 155 Å². The maximum atomic E-state index is 12.6. The molecule has 7 nitrogen and oxygen atoms in total. The van der Waals surface area contributed by atoms with Crippen LogP contribution in [-0.2, 0) is 0 Å². The van der Waals surface area contributed by atoms with Crippen LogP contribution in [0.25, 0.3) is 5.69 Å². The van der Waals surface area contributed by atoms with Crippen molar-refractivity contribution in [2.45, 2.75) is 11.8 Å². The highest BCUT2D eigenvalue weighted by molar-refractivity contribution is 7.99. The third-order valence-electron chi connectivity index (χ3n) is 3.57. The van der Waals surface area contributed by atoms with Gasteiger partial charge in [-0.15, -0.1) is 16.9 Å². The van der Waals surface area contributed by atoms with Crippen LogP contribution < -0.4 is 5.32 Å². The number of carbonyl (C=O) groups excluding carboxylic acids is 1. The van der Waals surface area contributed by atoms with Crippen molar-refractivity contribution in [3.63, 3.8) is 0 Å². The number of benzene rings is 2. The highest BCUT2D eigenvalue weighted by atomic mass is 32.2. The van der Waals surface area contributed by atoms with Crippen molar-refractivity contribution in [3.8, 4) is 11.8 Å². The minimum Gasteiger partial charge on any atom is -0.321 e. The van der Waals surface area contributed by atoms with Crippen molar-refractivity contribution in [2.75, 3.05) is 11.1 Å². The highest BCUT2D eigenvalue weighted by Crippen LogP contribution is 2.29. The summed E-state index contributed by atoms with van der Waals surface area (Å²) in [7, 11) is 0. The number of hydrogen-bond donors (Lipinski definition) is 1. The van der Waals surface area contributed by atoms with Crippen molar-refractivity contribution in [3.05, 3.63) is 60.4 Å². The molecule has 26 heavy (non-hydrogen) atoms. The molecule has 0 aliphatic rings. The predicted octanol–water partition coefficient (Wildman–Crippen LogP) is 3.17. The van der Waals surface area contributed by atoms with Crippen LogP contribution in [0, 0.1) is 17.2 Å². The van der Waals surface area contributed by atoms with E-state index in [4.69, 9.17) is 5.26 Å². The van der Waals surface area contributed by atoms with E-state index >= 15 is 0 Å². The number of thioether (sulfide) groups is 1. The summed E-state index contributed by atoms with van der Waals surface area (Å²) in [5.74, 6) is 0.385. The molecule has 2 aromatic carbocycles. The molecule has 0 spiro atoms. The molecule has 0 radical (unpaired) electrons. The number of tetrazole rings is 1. The summed E-state index contributed by atoms with van der Waals surface area (Å²) in [6, 6.07) is 16.8. The molecule has 3 aromatic rings. The van der Waals surface area contributed by atoms with Crippen LogP contribution in [0.4, 0.5) is 5.69 Å². The minimum absolute atomic E-state index is 0.0586. The topological polar surface area (TPSA) is 96.5 Å². The summed E-state index contributed by atoms with van der Waals surface area (Å²) in [5, 5.41) is 22.9. The van der Waals surface area contributed by atoms with E-state index < -0.39 is 0 Å². The third-order valence-corrected chi connectivity index (χ3v) is 4.90. The molecule has 130 valence electrons. The van der Waals surface area contributed by atoms with E-state index in [0.29, 0.717) is 17.0 Å². The minimum atomic E-state index is -0.221. The van der Waals surface area contributed by atoms with Gasteiger partial charge in [-0.25, -0.2) is 4.68 Å². The molecule has 8 heteroatoms. The van der Waals surface area contributed by atoms with Gasteiger partial charge in [0.2, 0.25) is 0 Å². The van der Waals surface area contributed by atoms with Gasteiger partial charge in [0.25, 0.3) is 5.91 Å². The molecule has 0 fully saturated rings. The van der Waals surface area contributed by atoms with Crippen LogP contribution in [-0.4, -0.2) is 31.9 Å². The molecule has 0 aliphatic heterocycles. The van der Waals surface area contributed by atoms with Crippen LogP contribution in [0.5, 0.6) is 0 Å². The second kappa shape index (κ2) is 8.27. The van der Waals surface area contributed by atoms with Gasteiger partial charge in [0.15, 0.2) is 0 Å². The molecule has 1 N–H and O–H groups in total. The number of nitrogens with zero attached hydrogens (tertiary/aromatic N) is 5. The summed E-state index contributed by atoms with van der Waals surface area (Å²) >= 11 is 1.55. The lowest BCUT2D eigenvalue weighted by atomic mass is 10.2. The van der Waals surface area contributed by atoms with Crippen molar-refractivity contribution < 1.29 is 4.79 Å². The van der Waals surface area contributed by atoms with Gasteiger partial charge in [-0.1, -0.05) is 18.2 Å². The number of aromatic nitrogens is 4. The summed E-state index contributed by atoms with van der Waals surface area (Å²) < 4.78 is 1.49. The Morgan fingerprint density at radius 3 is 2.92 bits per heavy atom. The standard InChI is InChI=1S/C18H16N6OS/c1-13(10-19)11-26-17-8-3-2-7-16(17)21-18(25)14-5-4-6-15(9-14)24-12-20-22-23-24/h2-9,12-13H,11H2,1H3,(H,21,25)/t13-/m0/s1. The lowest BCUT2D eigenvalue weighted by Gasteiger charge is -2.11. The number of amides is 1. The molecule has 0 saturated heterocycles. The summed E-state index contributed by atoms with van der Waals surface area (Å²) in [4.78, 5) is 13.6. The van der Waals surface area contributed by atoms with Gasteiger partial charge in [0.05, 0.1) is 23.4 Å². The van der Waals surface area contributed by atoms with E-state index in [-0.39, 0.29) is 11.8 Å². The van der Waals surface area contributed by atoms with E-state index in [1.165, 1.54) is 11.0 Å². The Balaban J connectivity index is 1.77. The molecule has 1 heterocycles. The van der Waals surface area contributed by atoms with Gasteiger partial charge in [0.1, 0.15) is 6.33 Å². The predicted molar refractivity (Wildman–Crippen MR) is 99.1 cm³/mol. The Morgan fingerprint density at radius 1 is 1.31 bits per heavy atom. The smallest absolute Gasteiger partial charge is 0.255 e. The first-order valence-corrected chi connectivity index (χ1v) is 8.92. The van der Waals surface area contributed by atoms with Gasteiger partial charge in [0, 0.05) is 16.2 Å². The maximum Gasteiger partial charge on any atom is 0.255 e. The van der Waals surface area contributed by atoms with E-state index in [1.807, 2.05) is 37.3 Å². The molecule has 1 atom stereocenters. The number of para-hydroxylation sites is 1. The van der Waals surface area contributed by atoms with Crippen LogP contribution in [0.2, 0.25) is 0 Å². The molecular formula is C18H16N6OS. The highest BCUT2D eigenvalue weighted by Gasteiger charge is 2.11. The number of rotatable bonds is 6. The summed E-state index contributed by atoms with van der Waals surface area (Å²) in [5.41, 5.74) is 1.93. The molecule has 1 amide bonds. The first-order chi connectivity index (χ1) is 12.7. The van der Waals surface area contributed by atoms with Gasteiger partial charge in [-0.05, 0) is 47.7 Å². The fourth-order valence-corrected chi connectivity index (χ4v) is 3.17. The van der Waals surface area contributed by atoms with Gasteiger partial charge < -0.3 is 5.32 Å². The first kappa shape index (κ1) is 17.6. The zero-order chi connectivity index (χ0) is 18.4. The summed E-state index contributed by atoms with van der Waals surface area (Å²) in [6.45, 7) is 1.87. The van der Waals surface area contributed by atoms with Crippen LogP contribution in [0.1, 0.15) is 17.3 Å². The third kappa shape index (κ3) is 4.26. The number of carbonyl (C=O) groups is 1. The van der Waals surface area contributed by atoms with Crippen molar-refractivity contribution in [1.29, 1.82) is 5.26 Å². The molecule has 1 aromatic heterocycles. The Morgan fingerprint density at radius 2 is 2.15 bits per heavy atom. The van der Waals surface area contributed by atoms with Crippen LogP contribution in [0.3, 0.4) is 0 Å². The average molecular weight is 364 g/mol. The zero-order valence-electron chi connectivity index (χ0n) is 14.0. The monoisotopic (exact) mass is 364 g/mol. The molecule has 3 rings (SSSR count). The van der Waals surface area contributed by atoms with E-state index in [0.717, 1.165) is 10.6 Å². The van der Waals surface area contributed by atoms with E-state index in [1.54, 1.807) is 30.0 Å². The molecular weight excluding hydrogens is 348 g/mol. The molecule has 0 bridgehead atoms. The second-order valence-electron chi connectivity index (χ2n) is 5.60. The number of nitriles is 1. The van der Waals surface area contributed by atoms with E-state index in [2.05, 4.69) is 26.9 Å². The van der Waals surface area contributed by atoms with Gasteiger partial charge in [-0.3, -0.25) is 4.79 Å². The lowest BCUT2D eigenvalue weighted by Crippen LogP contribution is -2.13. The molecule has 0 saturated carbocycles. The maximum absolute atomic E-state index is 12.6. The van der Waals surface area contributed by atoms with E-state index in [9.17, 15) is 4.79 Å². The largest absolute Gasteiger partial charge is 0.321 e. The zero-order valence-corrected chi connectivity index (χ0v) is 14.8. The molecule has 0 aliphatic carbocycles. The van der Waals surface area contributed by atoms with Gasteiger partial charge in [-0.2, -0.15) is 5.26 Å². The first-order valence-electron chi connectivity index (χ1n) is 7.93. The quantitative estimate of drug-likeness (QED) is 0.675. The second-order valence-corrected chi connectivity index (χ2v) is 6.66. The normalized spacial score (nSPS) is 11.5. The van der Waals surface area contributed by atoms with Crippen molar-refractivity contribution in [1.82, 2.24) is 20.2 Å². The van der Waals surface area contributed by atoms with Crippen LogP contribution in [0.15, 0.2) is 59.8 Å². The molecule has 0 unspecified atom stereocenters. The summed E-state index contributed by atoms with van der Waals surface area (Å²) in [6.07, 6.45) is 1.47. The SMILES string of the molecule is C[C@@H](C#N)CSc1ccccc1NC(=O)c1cccc(-n2cnnn2)c1. The Hall–Kier alpha value is -3.18. The Kier molecular flexibility index (Phi) is 5.61. The van der Waals surface area contributed by atoms with Gasteiger partial charge >= 0.3 is 0 Å². The fourth-order valence-electron chi connectivity index (χ4n) is 2.21. The Bertz CT molecular complexity index is 935. The fraction of sp³-hybridized carbons (Fsp3) is 0.167. The number of anilines is 1. The number of hydrogen-bond acceptors (Lipinski definition) is 6.